The number of non-ortho nitro benzene ring substituents is 1. The summed E-state index contributed by atoms with van der Waals surface area (Å²) in [5, 5.41) is 20.2. The molecule has 8 nitrogen and oxygen atoms in total. The van der Waals surface area contributed by atoms with Crippen LogP contribution in [0.15, 0.2) is 51.7 Å². The third-order valence-electron chi connectivity index (χ3n) is 4.69. The highest BCUT2D eigenvalue weighted by Crippen LogP contribution is 2.38. The molecule has 0 bridgehead atoms. The second-order valence-electron chi connectivity index (χ2n) is 6.29. The summed E-state index contributed by atoms with van der Waals surface area (Å²) >= 11 is 0. The van der Waals surface area contributed by atoms with Crippen LogP contribution >= 0.6 is 0 Å². The van der Waals surface area contributed by atoms with Crippen molar-refractivity contribution in [1.82, 2.24) is 4.90 Å². The summed E-state index contributed by atoms with van der Waals surface area (Å²) in [5.41, 5.74) is -0.172. The number of nitrogens with zero attached hydrogens (tertiary/aromatic N) is 2. The van der Waals surface area contributed by atoms with E-state index in [9.17, 15) is 29.2 Å². The van der Waals surface area contributed by atoms with Crippen molar-refractivity contribution >= 4 is 22.6 Å². The lowest BCUT2D eigenvalue weighted by molar-refractivity contribution is -0.384. The van der Waals surface area contributed by atoms with Gasteiger partial charge in [-0.25, -0.2) is 4.39 Å². The van der Waals surface area contributed by atoms with Crippen LogP contribution in [-0.2, 0) is 0 Å². The van der Waals surface area contributed by atoms with Crippen LogP contribution < -0.4 is 5.43 Å². The normalized spacial score (nSPS) is 15.9. The summed E-state index contributed by atoms with van der Waals surface area (Å²) in [5.74, 6) is -1.39. The fourth-order valence-corrected chi connectivity index (χ4v) is 3.46. The van der Waals surface area contributed by atoms with E-state index in [1.807, 2.05) is 0 Å². The molecule has 9 heteroatoms. The first kappa shape index (κ1) is 17.8. The Morgan fingerprint density at radius 2 is 1.89 bits per heavy atom. The summed E-state index contributed by atoms with van der Waals surface area (Å²) < 4.78 is 19.2. The number of aliphatic hydroxyl groups excluding tert-OH is 1. The SMILES string of the molecule is O=C1c2oc3ccc(F)cc3c(=O)c2C(c2ccc([N+](=O)[O-])cc2)N1CCO. The summed E-state index contributed by atoms with van der Waals surface area (Å²) in [6.07, 6.45) is 0. The number of β-amino-alcohol motifs (C(OH)–C–C–N with tert-alkyl or cyclic N) is 1. The molecule has 1 aliphatic rings. The van der Waals surface area contributed by atoms with Gasteiger partial charge in [-0.05, 0) is 35.9 Å². The molecular formula is C19H13FN2O6. The Morgan fingerprint density at radius 3 is 2.54 bits per heavy atom. The molecule has 1 aliphatic heterocycles. The first-order valence-corrected chi connectivity index (χ1v) is 8.35. The first-order valence-electron chi connectivity index (χ1n) is 8.35. The quantitative estimate of drug-likeness (QED) is 0.546. The van der Waals surface area contributed by atoms with Gasteiger partial charge in [-0.1, -0.05) is 0 Å². The molecule has 0 radical (unpaired) electrons. The number of rotatable bonds is 4. The second kappa shape index (κ2) is 6.54. The lowest BCUT2D eigenvalue weighted by atomic mass is 9.98. The van der Waals surface area contributed by atoms with Gasteiger partial charge in [-0.2, -0.15) is 0 Å². The van der Waals surface area contributed by atoms with Crippen molar-refractivity contribution in [1.29, 1.82) is 0 Å². The minimum Gasteiger partial charge on any atom is -0.450 e. The van der Waals surface area contributed by atoms with Crippen molar-refractivity contribution in [3.05, 3.63) is 85.5 Å². The second-order valence-corrected chi connectivity index (χ2v) is 6.29. The third kappa shape index (κ3) is 2.64. The van der Waals surface area contributed by atoms with Crippen molar-refractivity contribution in [3.63, 3.8) is 0 Å². The highest BCUT2D eigenvalue weighted by molar-refractivity contribution is 5.99. The Labute approximate surface area is 156 Å². The summed E-state index contributed by atoms with van der Waals surface area (Å²) in [7, 11) is 0. The van der Waals surface area contributed by atoms with Crippen LogP contribution in [-0.4, -0.2) is 34.0 Å². The predicted octanol–water partition coefficient (Wildman–Crippen LogP) is 2.38. The molecule has 0 fully saturated rings. The van der Waals surface area contributed by atoms with Crippen LogP contribution in [0.5, 0.6) is 0 Å². The molecule has 0 aliphatic carbocycles. The maximum atomic E-state index is 13.6. The molecule has 4 rings (SSSR count). The van der Waals surface area contributed by atoms with Crippen molar-refractivity contribution in [2.75, 3.05) is 13.2 Å². The van der Waals surface area contributed by atoms with Crippen molar-refractivity contribution < 1.29 is 23.6 Å². The predicted molar refractivity (Wildman–Crippen MR) is 95.5 cm³/mol. The Balaban J connectivity index is 1.96. The summed E-state index contributed by atoms with van der Waals surface area (Å²) in [6.45, 7) is -0.430. The van der Waals surface area contributed by atoms with E-state index in [0.717, 1.165) is 12.1 Å². The van der Waals surface area contributed by atoms with Gasteiger partial charge in [-0.15, -0.1) is 0 Å². The van der Waals surface area contributed by atoms with Crippen LogP contribution in [0, 0.1) is 15.9 Å². The van der Waals surface area contributed by atoms with Gasteiger partial charge in [0, 0.05) is 18.7 Å². The number of benzene rings is 2. The third-order valence-corrected chi connectivity index (χ3v) is 4.69. The summed E-state index contributed by atoms with van der Waals surface area (Å²) in [4.78, 5) is 37.4. The van der Waals surface area contributed by atoms with E-state index in [2.05, 4.69) is 0 Å². The maximum Gasteiger partial charge on any atom is 0.290 e. The van der Waals surface area contributed by atoms with Crippen LogP contribution in [0.1, 0.15) is 27.7 Å². The number of nitro benzene ring substituents is 1. The molecule has 1 aromatic heterocycles. The fourth-order valence-electron chi connectivity index (χ4n) is 3.46. The molecule has 2 aromatic carbocycles. The lowest BCUT2D eigenvalue weighted by Gasteiger charge is -2.24. The molecule has 0 saturated carbocycles. The molecule has 0 spiro atoms. The minimum absolute atomic E-state index is 0.00990. The number of fused-ring (bicyclic) bond motifs is 2. The van der Waals surface area contributed by atoms with E-state index in [4.69, 9.17) is 4.42 Å². The van der Waals surface area contributed by atoms with Crippen molar-refractivity contribution in [2.45, 2.75) is 6.04 Å². The molecule has 3 aromatic rings. The van der Waals surface area contributed by atoms with E-state index in [-0.39, 0.29) is 41.1 Å². The highest BCUT2D eigenvalue weighted by Gasteiger charge is 2.42. The topological polar surface area (TPSA) is 114 Å². The van der Waals surface area contributed by atoms with Crippen molar-refractivity contribution in [2.24, 2.45) is 0 Å². The largest absolute Gasteiger partial charge is 0.450 e. The van der Waals surface area contributed by atoms with Gasteiger partial charge in [0.1, 0.15) is 11.4 Å². The lowest BCUT2D eigenvalue weighted by Crippen LogP contribution is -2.32. The van der Waals surface area contributed by atoms with E-state index in [1.54, 1.807) is 0 Å². The van der Waals surface area contributed by atoms with Gasteiger partial charge in [-0.3, -0.25) is 19.7 Å². The number of hydrogen-bond acceptors (Lipinski definition) is 6. The van der Waals surface area contributed by atoms with E-state index < -0.39 is 28.1 Å². The van der Waals surface area contributed by atoms with Crippen molar-refractivity contribution in [3.8, 4) is 0 Å². The number of aliphatic hydroxyl groups is 1. The van der Waals surface area contributed by atoms with Gasteiger partial charge in [0.15, 0.2) is 5.43 Å². The zero-order chi connectivity index (χ0) is 20.0. The fraction of sp³-hybridized carbons (Fsp3) is 0.158. The minimum atomic E-state index is -0.903. The average Bonchev–Trinajstić information content (AvgIpc) is 2.95. The van der Waals surface area contributed by atoms with Gasteiger partial charge < -0.3 is 14.4 Å². The standard InChI is InChI=1S/C19H13FN2O6/c20-11-3-6-14-13(9-11)17(24)15-16(10-1-4-12(5-2-10)22(26)27)21(7-8-23)19(25)18(15)28-14/h1-6,9,16,23H,7-8H2. The monoisotopic (exact) mass is 384 g/mol. The smallest absolute Gasteiger partial charge is 0.290 e. The molecule has 2 heterocycles. The van der Waals surface area contributed by atoms with E-state index >= 15 is 0 Å². The van der Waals surface area contributed by atoms with E-state index in [1.165, 1.54) is 35.2 Å². The molecule has 1 amide bonds. The first-order chi connectivity index (χ1) is 13.4. The Hall–Kier alpha value is -3.59. The number of nitro groups is 1. The number of carbonyl (C=O) groups is 1. The van der Waals surface area contributed by atoms with Crippen LogP contribution in [0.3, 0.4) is 0 Å². The molecule has 28 heavy (non-hydrogen) atoms. The zero-order valence-corrected chi connectivity index (χ0v) is 14.3. The molecular weight excluding hydrogens is 371 g/mol. The molecule has 1 N–H and O–H groups in total. The number of halogens is 1. The molecule has 142 valence electrons. The number of amides is 1. The molecule has 1 atom stereocenters. The maximum absolute atomic E-state index is 13.6. The highest BCUT2D eigenvalue weighted by atomic mass is 19.1. The molecule has 1 unspecified atom stereocenters. The Bertz CT molecular complexity index is 1170. The van der Waals surface area contributed by atoms with E-state index in [0.29, 0.717) is 5.56 Å². The number of hydrogen-bond donors (Lipinski definition) is 1. The van der Waals surface area contributed by atoms with Crippen LogP contribution in [0.2, 0.25) is 0 Å². The number of carbonyl (C=O) groups excluding carboxylic acids is 1. The van der Waals surface area contributed by atoms with Crippen LogP contribution in [0.25, 0.3) is 11.0 Å². The van der Waals surface area contributed by atoms with Gasteiger partial charge in [0.05, 0.1) is 28.5 Å². The Morgan fingerprint density at radius 1 is 1.18 bits per heavy atom. The van der Waals surface area contributed by atoms with Gasteiger partial charge >= 0.3 is 0 Å². The van der Waals surface area contributed by atoms with Crippen LogP contribution in [0.4, 0.5) is 10.1 Å². The summed E-state index contributed by atoms with van der Waals surface area (Å²) in [6, 6.07) is 7.92. The molecule has 0 saturated heterocycles. The van der Waals surface area contributed by atoms with Gasteiger partial charge in [0.2, 0.25) is 5.76 Å². The van der Waals surface area contributed by atoms with Gasteiger partial charge in [0.25, 0.3) is 11.6 Å². The Kier molecular flexibility index (Phi) is 4.16. The average molecular weight is 384 g/mol. The zero-order valence-electron chi connectivity index (χ0n) is 14.3.